The number of rotatable bonds is 6. The van der Waals surface area contributed by atoms with Gasteiger partial charge >= 0.3 is 0 Å². The van der Waals surface area contributed by atoms with E-state index in [2.05, 4.69) is 31.1 Å². The predicted molar refractivity (Wildman–Crippen MR) is 63.7 cm³/mol. The van der Waals surface area contributed by atoms with Crippen molar-refractivity contribution in [2.45, 2.75) is 46.5 Å². The Morgan fingerprint density at radius 1 is 1.43 bits per heavy atom. The van der Waals surface area contributed by atoms with E-state index in [4.69, 9.17) is 0 Å². The van der Waals surface area contributed by atoms with E-state index in [1.165, 1.54) is 30.7 Å². The Hall–Kier alpha value is -0.370. The van der Waals surface area contributed by atoms with E-state index in [0.717, 1.165) is 11.8 Å². The van der Waals surface area contributed by atoms with E-state index in [1.807, 2.05) is 6.20 Å². The minimum absolute atomic E-state index is 0.830. The Bertz CT molecular complexity index is 228. The third-order valence-corrected chi connectivity index (χ3v) is 3.47. The molecule has 0 bridgehead atoms. The molecule has 14 heavy (non-hydrogen) atoms. The molecule has 1 aromatic heterocycles. The summed E-state index contributed by atoms with van der Waals surface area (Å²) >= 11 is 1.78. The van der Waals surface area contributed by atoms with Crippen LogP contribution in [0.3, 0.4) is 0 Å². The molecular weight excluding hydrogens is 190 g/mol. The van der Waals surface area contributed by atoms with Crippen molar-refractivity contribution >= 4 is 11.3 Å². The highest BCUT2D eigenvalue weighted by molar-refractivity contribution is 7.09. The molecule has 0 saturated carbocycles. The lowest BCUT2D eigenvalue weighted by Crippen LogP contribution is -2.04. The van der Waals surface area contributed by atoms with Crippen LogP contribution in [0.5, 0.6) is 0 Å². The van der Waals surface area contributed by atoms with Gasteiger partial charge in [-0.1, -0.05) is 27.2 Å². The molecule has 0 spiro atoms. The van der Waals surface area contributed by atoms with Gasteiger partial charge in [0.05, 0.1) is 5.01 Å². The van der Waals surface area contributed by atoms with Gasteiger partial charge in [0.2, 0.25) is 0 Å². The molecule has 1 atom stereocenters. The quantitative estimate of drug-likeness (QED) is 0.689. The summed E-state index contributed by atoms with van der Waals surface area (Å²) in [6.45, 7) is 6.92. The summed E-state index contributed by atoms with van der Waals surface area (Å²) in [6.07, 6.45) is 7.06. The summed E-state index contributed by atoms with van der Waals surface area (Å²) in [6, 6.07) is 0. The van der Waals surface area contributed by atoms with Gasteiger partial charge in [0.1, 0.15) is 0 Å². The molecule has 1 aromatic rings. The maximum atomic E-state index is 4.32. The van der Waals surface area contributed by atoms with Crippen molar-refractivity contribution in [3.8, 4) is 0 Å². The van der Waals surface area contributed by atoms with Crippen molar-refractivity contribution < 1.29 is 0 Å². The Kier molecular flexibility index (Phi) is 5.16. The third kappa shape index (κ3) is 4.23. The first kappa shape index (κ1) is 11.7. The minimum atomic E-state index is 0.830. The molecule has 0 aliphatic carbocycles. The molecule has 0 radical (unpaired) electrons. The Balaban J connectivity index is 2.27. The predicted octanol–water partition coefficient (Wildman–Crippen LogP) is 4.15. The van der Waals surface area contributed by atoms with Gasteiger partial charge in [-0.15, -0.1) is 11.3 Å². The fourth-order valence-electron chi connectivity index (χ4n) is 1.86. The molecule has 2 heteroatoms. The zero-order chi connectivity index (χ0) is 10.4. The number of aromatic nitrogens is 1. The summed E-state index contributed by atoms with van der Waals surface area (Å²) in [7, 11) is 0. The van der Waals surface area contributed by atoms with E-state index in [0.29, 0.717) is 0 Å². The molecule has 0 saturated heterocycles. The lowest BCUT2D eigenvalue weighted by atomic mass is 9.91. The van der Waals surface area contributed by atoms with Gasteiger partial charge in [0, 0.05) is 11.6 Å². The van der Waals surface area contributed by atoms with Crippen LogP contribution in [0.25, 0.3) is 0 Å². The Morgan fingerprint density at radius 2 is 2.21 bits per heavy atom. The van der Waals surface area contributed by atoms with Crippen molar-refractivity contribution in [1.82, 2.24) is 4.98 Å². The van der Waals surface area contributed by atoms with Crippen molar-refractivity contribution in [3.05, 3.63) is 16.6 Å². The third-order valence-electron chi connectivity index (χ3n) is 2.63. The first-order chi connectivity index (χ1) is 6.72. The molecule has 0 aliphatic heterocycles. The van der Waals surface area contributed by atoms with E-state index < -0.39 is 0 Å². The largest absolute Gasteiger partial charge is 0.250 e. The zero-order valence-corrected chi connectivity index (χ0v) is 10.3. The van der Waals surface area contributed by atoms with Crippen LogP contribution < -0.4 is 0 Å². The number of hydrogen-bond acceptors (Lipinski definition) is 2. The molecular formula is C12H21NS. The molecule has 1 heterocycles. The maximum Gasteiger partial charge on any atom is 0.0924 e. The summed E-state index contributed by atoms with van der Waals surface area (Å²) in [4.78, 5) is 4.32. The fourth-order valence-corrected chi connectivity index (χ4v) is 2.50. The van der Waals surface area contributed by atoms with Gasteiger partial charge in [0.15, 0.2) is 0 Å². The van der Waals surface area contributed by atoms with Crippen LogP contribution in [-0.2, 0) is 6.42 Å². The molecule has 1 nitrogen and oxygen atoms in total. The lowest BCUT2D eigenvalue weighted by molar-refractivity contribution is 0.376. The highest BCUT2D eigenvalue weighted by atomic mass is 32.1. The van der Waals surface area contributed by atoms with Gasteiger partial charge in [-0.05, 0) is 31.1 Å². The second-order valence-electron chi connectivity index (χ2n) is 4.37. The molecule has 0 fully saturated rings. The highest BCUT2D eigenvalue weighted by Crippen LogP contribution is 2.21. The molecule has 80 valence electrons. The molecule has 0 N–H and O–H groups in total. The van der Waals surface area contributed by atoms with Gasteiger partial charge in [-0.2, -0.15) is 0 Å². The van der Waals surface area contributed by atoms with Crippen LogP contribution in [0, 0.1) is 11.8 Å². The van der Waals surface area contributed by atoms with E-state index in [-0.39, 0.29) is 0 Å². The van der Waals surface area contributed by atoms with Crippen LogP contribution in [0.2, 0.25) is 0 Å². The summed E-state index contributed by atoms with van der Waals surface area (Å²) in [5.41, 5.74) is 0. The highest BCUT2D eigenvalue weighted by Gasteiger charge is 2.09. The van der Waals surface area contributed by atoms with Crippen LogP contribution in [-0.4, -0.2) is 4.98 Å². The summed E-state index contributed by atoms with van der Waals surface area (Å²) in [5, 5.41) is 3.37. The Morgan fingerprint density at radius 3 is 2.71 bits per heavy atom. The monoisotopic (exact) mass is 211 g/mol. The molecule has 0 aliphatic rings. The van der Waals surface area contributed by atoms with Crippen molar-refractivity contribution in [2.24, 2.45) is 11.8 Å². The van der Waals surface area contributed by atoms with Gasteiger partial charge in [0.25, 0.3) is 0 Å². The van der Waals surface area contributed by atoms with E-state index >= 15 is 0 Å². The standard InChI is InChI=1S/C12H21NS/c1-4-11(9-10(2)3)5-6-12-13-7-8-14-12/h7-8,10-11H,4-6,9H2,1-3H3. The molecule has 0 amide bonds. The second-order valence-corrected chi connectivity index (χ2v) is 5.35. The number of aryl methyl sites for hydroxylation is 1. The van der Waals surface area contributed by atoms with Gasteiger partial charge in [-0.3, -0.25) is 0 Å². The van der Waals surface area contributed by atoms with Crippen LogP contribution in [0.4, 0.5) is 0 Å². The fraction of sp³-hybridized carbons (Fsp3) is 0.750. The normalized spacial score (nSPS) is 13.4. The van der Waals surface area contributed by atoms with E-state index in [9.17, 15) is 0 Å². The molecule has 1 unspecified atom stereocenters. The Labute approximate surface area is 91.6 Å². The van der Waals surface area contributed by atoms with Crippen molar-refractivity contribution in [3.63, 3.8) is 0 Å². The second kappa shape index (κ2) is 6.18. The average molecular weight is 211 g/mol. The molecule has 0 aromatic carbocycles. The van der Waals surface area contributed by atoms with Crippen molar-refractivity contribution in [2.75, 3.05) is 0 Å². The molecule has 1 rings (SSSR count). The summed E-state index contributed by atoms with van der Waals surface area (Å²) < 4.78 is 0. The minimum Gasteiger partial charge on any atom is -0.250 e. The first-order valence-corrected chi connectivity index (χ1v) is 6.48. The van der Waals surface area contributed by atoms with E-state index in [1.54, 1.807) is 11.3 Å². The van der Waals surface area contributed by atoms with Crippen LogP contribution >= 0.6 is 11.3 Å². The number of nitrogens with zero attached hydrogens (tertiary/aromatic N) is 1. The van der Waals surface area contributed by atoms with Crippen molar-refractivity contribution in [1.29, 1.82) is 0 Å². The topological polar surface area (TPSA) is 12.9 Å². The SMILES string of the molecule is CCC(CCc1nccs1)CC(C)C. The average Bonchev–Trinajstić information content (AvgIpc) is 2.64. The van der Waals surface area contributed by atoms with Gasteiger partial charge in [-0.25, -0.2) is 4.98 Å². The lowest BCUT2D eigenvalue weighted by Gasteiger charge is -2.16. The number of thiazole rings is 1. The number of hydrogen-bond donors (Lipinski definition) is 0. The smallest absolute Gasteiger partial charge is 0.0924 e. The van der Waals surface area contributed by atoms with Crippen LogP contribution in [0.15, 0.2) is 11.6 Å². The maximum absolute atomic E-state index is 4.32. The van der Waals surface area contributed by atoms with Crippen LogP contribution in [0.1, 0.15) is 45.0 Å². The first-order valence-electron chi connectivity index (χ1n) is 5.60. The zero-order valence-electron chi connectivity index (χ0n) is 9.49. The van der Waals surface area contributed by atoms with Gasteiger partial charge < -0.3 is 0 Å². The summed E-state index contributed by atoms with van der Waals surface area (Å²) in [5.74, 6) is 1.72.